The van der Waals surface area contributed by atoms with Crippen LogP contribution >= 0.6 is 0 Å². The van der Waals surface area contributed by atoms with E-state index >= 15 is 0 Å². The zero-order valence-corrected chi connectivity index (χ0v) is 18.6. The van der Waals surface area contributed by atoms with E-state index in [-0.39, 0.29) is 17.0 Å². The lowest BCUT2D eigenvalue weighted by atomic mass is 10.1. The molecule has 0 aliphatic rings. The van der Waals surface area contributed by atoms with Crippen molar-refractivity contribution < 1.29 is 23.8 Å². The molecular formula is C20H36O6Si. The molecule has 0 fully saturated rings. The summed E-state index contributed by atoms with van der Waals surface area (Å²) in [6.07, 6.45) is 3.15. The van der Waals surface area contributed by atoms with Gasteiger partial charge in [0, 0.05) is 19.1 Å². The lowest BCUT2D eigenvalue weighted by Gasteiger charge is -2.36. The molecule has 1 heterocycles. The van der Waals surface area contributed by atoms with Gasteiger partial charge >= 0.3 is 5.63 Å². The first-order valence-electron chi connectivity index (χ1n) is 9.64. The number of rotatable bonds is 11. The highest BCUT2D eigenvalue weighted by molar-refractivity contribution is 6.74. The molecule has 0 amide bonds. The van der Waals surface area contributed by atoms with Crippen molar-refractivity contribution >= 4 is 8.32 Å². The molecule has 156 valence electrons. The molecule has 0 bridgehead atoms. The van der Waals surface area contributed by atoms with Crippen LogP contribution in [-0.4, -0.2) is 38.4 Å². The molecule has 0 saturated carbocycles. The molecule has 0 aromatic carbocycles. The van der Waals surface area contributed by atoms with E-state index in [4.69, 9.17) is 13.6 Å². The van der Waals surface area contributed by atoms with Gasteiger partial charge in [0.15, 0.2) is 8.32 Å². The minimum atomic E-state index is -1.68. The zero-order valence-electron chi connectivity index (χ0n) is 17.6. The maximum atomic E-state index is 11.8. The summed E-state index contributed by atoms with van der Waals surface area (Å²) in [4.78, 5) is 11.8. The molecule has 1 atom stereocenters. The van der Waals surface area contributed by atoms with Crippen LogP contribution in [0.1, 0.15) is 57.8 Å². The summed E-state index contributed by atoms with van der Waals surface area (Å²) < 4.78 is 16.4. The van der Waals surface area contributed by atoms with Crippen LogP contribution in [0.5, 0.6) is 5.75 Å². The Morgan fingerprint density at radius 3 is 2.44 bits per heavy atom. The Kier molecular flexibility index (Phi) is 9.21. The number of aliphatic hydroxyl groups excluding tert-OH is 2. The van der Waals surface area contributed by atoms with Crippen molar-refractivity contribution in [3.63, 3.8) is 0 Å². The Balaban J connectivity index is 2.37. The standard InChI is InChI=1S/C20H36O6Si/c1-20(2,3)27(5,6)25-11-9-7-8-10-15(22)12-16-13-18(24-4)17(14-21)19(23)26-16/h13,15,21-22H,7-12,14H2,1-6H3. The predicted molar refractivity (Wildman–Crippen MR) is 109 cm³/mol. The smallest absolute Gasteiger partial charge is 0.345 e. The molecule has 27 heavy (non-hydrogen) atoms. The fourth-order valence-corrected chi connectivity index (χ4v) is 3.59. The quantitative estimate of drug-likeness (QED) is 0.435. The fourth-order valence-electron chi connectivity index (χ4n) is 2.51. The van der Waals surface area contributed by atoms with Crippen LogP contribution in [0.25, 0.3) is 0 Å². The fraction of sp³-hybridized carbons (Fsp3) is 0.750. The second-order valence-corrected chi connectivity index (χ2v) is 13.3. The van der Waals surface area contributed by atoms with Crippen LogP contribution in [0.2, 0.25) is 18.1 Å². The summed E-state index contributed by atoms with van der Waals surface area (Å²) in [6.45, 7) is 11.5. The summed E-state index contributed by atoms with van der Waals surface area (Å²) in [6, 6.07) is 1.56. The van der Waals surface area contributed by atoms with Gasteiger partial charge in [0.2, 0.25) is 0 Å². The first-order valence-corrected chi connectivity index (χ1v) is 12.6. The third kappa shape index (κ3) is 7.41. The molecule has 1 rings (SSSR count). The highest BCUT2D eigenvalue weighted by atomic mass is 28.4. The Labute approximate surface area is 163 Å². The van der Waals surface area contributed by atoms with Gasteiger partial charge in [-0.2, -0.15) is 0 Å². The monoisotopic (exact) mass is 400 g/mol. The van der Waals surface area contributed by atoms with Crippen LogP contribution in [0, 0.1) is 0 Å². The normalized spacial score (nSPS) is 13.6. The van der Waals surface area contributed by atoms with Crippen molar-refractivity contribution in [2.75, 3.05) is 13.7 Å². The molecule has 7 heteroatoms. The van der Waals surface area contributed by atoms with Crippen molar-refractivity contribution in [3.05, 3.63) is 27.8 Å². The van der Waals surface area contributed by atoms with Crippen molar-refractivity contribution in [2.45, 2.75) is 83.7 Å². The number of unbranched alkanes of at least 4 members (excludes halogenated alkanes) is 2. The van der Waals surface area contributed by atoms with E-state index in [1.165, 1.54) is 7.11 Å². The Bertz CT molecular complexity index is 632. The summed E-state index contributed by atoms with van der Waals surface area (Å²) in [5, 5.41) is 19.6. The van der Waals surface area contributed by atoms with Gasteiger partial charge in [-0.15, -0.1) is 0 Å². The highest BCUT2D eigenvalue weighted by Gasteiger charge is 2.36. The number of ether oxygens (including phenoxy) is 1. The summed E-state index contributed by atoms with van der Waals surface area (Å²) in [5.41, 5.74) is -0.528. The minimum Gasteiger partial charge on any atom is -0.496 e. The van der Waals surface area contributed by atoms with E-state index in [2.05, 4.69) is 33.9 Å². The number of hydrogen-bond acceptors (Lipinski definition) is 6. The molecule has 1 unspecified atom stereocenters. The Morgan fingerprint density at radius 2 is 1.89 bits per heavy atom. The van der Waals surface area contributed by atoms with Crippen LogP contribution < -0.4 is 10.4 Å². The second kappa shape index (κ2) is 10.4. The van der Waals surface area contributed by atoms with E-state index < -0.39 is 26.7 Å². The van der Waals surface area contributed by atoms with E-state index in [9.17, 15) is 15.0 Å². The number of aliphatic hydroxyl groups is 2. The molecule has 0 aliphatic heterocycles. The SMILES string of the molecule is COc1cc(CC(O)CCCCCO[Si](C)(C)C(C)(C)C)oc(=O)c1CO. The Morgan fingerprint density at radius 1 is 1.22 bits per heavy atom. The van der Waals surface area contributed by atoms with E-state index in [1.54, 1.807) is 6.07 Å². The highest BCUT2D eigenvalue weighted by Crippen LogP contribution is 2.36. The van der Waals surface area contributed by atoms with Crippen molar-refractivity contribution in [3.8, 4) is 5.75 Å². The largest absolute Gasteiger partial charge is 0.496 e. The van der Waals surface area contributed by atoms with Gasteiger partial charge in [-0.1, -0.05) is 33.6 Å². The van der Waals surface area contributed by atoms with Gasteiger partial charge in [-0.3, -0.25) is 0 Å². The first kappa shape index (κ1) is 23.9. The van der Waals surface area contributed by atoms with Crippen LogP contribution in [0.3, 0.4) is 0 Å². The third-order valence-electron chi connectivity index (χ3n) is 5.33. The predicted octanol–water partition coefficient (Wildman–Crippen LogP) is 3.63. The van der Waals surface area contributed by atoms with Gasteiger partial charge < -0.3 is 23.8 Å². The lowest BCUT2D eigenvalue weighted by Crippen LogP contribution is -2.40. The minimum absolute atomic E-state index is 0.0949. The third-order valence-corrected chi connectivity index (χ3v) is 9.86. The van der Waals surface area contributed by atoms with Crippen LogP contribution in [-0.2, 0) is 17.5 Å². The number of hydrogen-bond donors (Lipinski definition) is 2. The van der Waals surface area contributed by atoms with Gasteiger partial charge in [-0.05, 0) is 31.0 Å². The van der Waals surface area contributed by atoms with Gasteiger partial charge in [0.1, 0.15) is 17.1 Å². The topological polar surface area (TPSA) is 89.1 Å². The second-order valence-electron chi connectivity index (χ2n) is 8.52. The molecule has 1 aromatic heterocycles. The lowest BCUT2D eigenvalue weighted by molar-refractivity contribution is 0.150. The number of methoxy groups -OCH3 is 1. The first-order chi connectivity index (χ1) is 12.5. The maximum absolute atomic E-state index is 11.8. The van der Waals surface area contributed by atoms with Gasteiger partial charge in [0.05, 0.1) is 19.8 Å². The molecular weight excluding hydrogens is 364 g/mol. The Hall–Kier alpha value is -1.15. The van der Waals surface area contributed by atoms with Crippen molar-refractivity contribution in [2.24, 2.45) is 0 Å². The summed E-state index contributed by atoms with van der Waals surface area (Å²) in [7, 11) is -0.251. The van der Waals surface area contributed by atoms with Crippen LogP contribution in [0.15, 0.2) is 15.3 Å². The summed E-state index contributed by atoms with van der Waals surface area (Å²) >= 11 is 0. The molecule has 0 aliphatic carbocycles. The molecule has 2 N–H and O–H groups in total. The summed E-state index contributed by atoms with van der Waals surface area (Å²) in [5.74, 6) is 0.654. The molecule has 0 saturated heterocycles. The zero-order chi connectivity index (χ0) is 20.7. The average Bonchev–Trinajstić information content (AvgIpc) is 2.56. The van der Waals surface area contributed by atoms with Gasteiger partial charge in [0.25, 0.3) is 0 Å². The molecule has 1 aromatic rings. The van der Waals surface area contributed by atoms with E-state index in [1.807, 2.05) is 0 Å². The molecule has 0 spiro atoms. The molecule has 6 nitrogen and oxygen atoms in total. The molecule has 0 radical (unpaired) electrons. The van der Waals surface area contributed by atoms with E-state index in [0.717, 1.165) is 25.9 Å². The van der Waals surface area contributed by atoms with Gasteiger partial charge in [-0.25, -0.2) is 4.79 Å². The maximum Gasteiger partial charge on any atom is 0.345 e. The van der Waals surface area contributed by atoms with Crippen molar-refractivity contribution in [1.82, 2.24) is 0 Å². The average molecular weight is 401 g/mol. The van der Waals surface area contributed by atoms with E-state index in [0.29, 0.717) is 17.9 Å². The van der Waals surface area contributed by atoms with Crippen LogP contribution in [0.4, 0.5) is 0 Å². The van der Waals surface area contributed by atoms with Crippen molar-refractivity contribution in [1.29, 1.82) is 0 Å².